The summed E-state index contributed by atoms with van der Waals surface area (Å²) in [5.41, 5.74) is 0.216. The molecule has 0 aliphatic heterocycles. The molecule has 2 aromatic carbocycles. The third-order valence-corrected chi connectivity index (χ3v) is 7.11. The van der Waals surface area contributed by atoms with Crippen molar-refractivity contribution in [2.45, 2.75) is 13.3 Å². The summed E-state index contributed by atoms with van der Waals surface area (Å²) >= 11 is 0. The molecule has 0 unspecified atom stereocenters. The fourth-order valence-corrected chi connectivity index (χ4v) is 5.10. The Bertz CT molecular complexity index is 1750. The zero-order chi connectivity index (χ0) is 26.9. The summed E-state index contributed by atoms with van der Waals surface area (Å²) in [6.07, 6.45) is 4.36. The molecule has 0 spiro atoms. The molecule has 0 bridgehead atoms. The maximum atomic E-state index is 15.3. The smallest absolute Gasteiger partial charge is 0.236 e. The standard InChI is InChI=1S/C24H20F2N8O3S/c1-2-8-38(36,37)34-17-7-6-16(25)19(20(17)26)21(35)15-10-27-23-18(15)24(29-11-28-23)32-14-5-3-4-13(9-14)22-30-12-31-33-22/h3-7,9-12,34H,2,8H2,1H3,(H,30,31,33)(H2,27,28,29,32)/p+1. The lowest BCUT2D eigenvalue weighted by atomic mass is 10.0. The van der Waals surface area contributed by atoms with Crippen molar-refractivity contribution in [1.29, 1.82) is 0 Å². The highest BCUT2D eigenvalue weighted by Crippen LogP contribution is 2.31. The van der Waals surface area contributed by atoms with Gasteiger partial charge >= 0.3 is 0 Å². The number of carbonyl (C=O) groups is 1. The van der Waals surface area contributed by atoms with E-state index in [0.717, 1.165) is 17.7 Å². The van der Waals surface area contributed by atoms with Gasteiger partial charge in [0.2, 0.25) is 33.6 Å². The average Bonchev–Trinajstić information content (AvgIpc) is 3.57. The first-order chi connectivity index (χ1) is 18.3. The SMILES string of the molecule is CCCS(=O)(=O)Nc1ccc(F)c(C(=O)c2c[nH]c3[nH+]cnc(Nc4cccc(-c5ncn[nH]5)c4)c23)c1F. The third-order valence-electron chi connectivity index (χ3n) is 5.63. The number of sulfonamides is 1. The monoisotopic (exact) mass is 539 g/mol. The van der Waals surface area contributed by atoms with Crippen LogP contribution in [0.2, 0.25) is 0 Å². The normalized spacial score (nSPS) is 11.6. The minimum absolute atomic E-state index is 0.0791. The Labute approximate surface area is 214 Å². The molecule has 5 N–H and O–H groups in total. The zero-order valence-corrected chi connectivity index (χ0v) is 20.7. The van der Waals surface area contributed by atoms with Gasteiger partial charge in [0.1, 0.15) is 17.5 Å². The first-order valence-electron chi connectivity index (χ1n) is 11.4. The Morgan fingerprint density at radius 2 is 2.00 bits per heavy atom. The van der Waals surface area contributed by atoms with Gasteiger partial charge in [-0.15, -0.1) is 0 Å². The number of aromatic amines is 3. The number of anilines is 3. The van der Waals surface area contributed by atoms with Crippen LogP contribution >= 0.6 is 0 Å². The van der Waals surface area contributed by atoms with Crippen molar-refractivity contribution >= 4 is 44.0 Å². The molecule has 0 aliphatic rings. The highest BCUT2D eigenvalue weighted by Gasteiger charge is 2.28. The van der Waals surface area contributed by atoms with Crippen LogP contribution in [0, 0.1) is 11.6 Å². The van der Waals surface area contributed by atoms with Gasteiger partial charge in [0, 0.05) is 11.3 Å². The number of ketones is 1. The summed E-state index contributed by atoms with van der Waals surface area (Å²) < 4.78 is 56.5. The number of hydrogen-bond donors (Lipinski definition) is 4. The molecule has 194 valence electrons. The van der Waals surface area contributed by atoms with Crippen LogP contribution < -0.4 is 15.0 Å². The predicted octanol–water partition coefficient (Wildman–Crippen LogP) is 3.57. The fraction of sp³-hybridized carbons (Fsp3) is 0.125. The number of halogens is 2. The van der Waals surface area contributed by atoms with Crippen LogP contribution in [0.3, 0.4) is 0 Å². The van der Waals surface area contributed by atoms with Crippen molar-refractivity contribution < 1.29 is 27.0 Å². The second-order valence-electron chi connectivity index (χ2n) is 8.28. The first kappa shape index (κ1) is 25.0. The lowest BCUT2D eigenvalue weighted by Crippen LogP contribution is -2.18. The topological polar surface area (TPSA) is 160 Å². The molecule has 5 rings (SSSR count). The van der Waals surface area contributed by atoms with E-state index in [1.165, 1.54) is 18.9 Å². The van der Waals surface area contributed by atoms with Crippen molar-refractivity contribution in [2.24, 2.45) is 0 Å². The number of H-pyrrole nitrogens is 3. The molecule has 3 aromatic heterocycles. The van der Waals surface area contributed by atoms with Crippen LogP contribution in [0.5, 0.6) is 0 Å². The minimum Gasteiger partial charge on any atom is -0.326 e. The number of hydrogen-bond acceptors (Lipinski definition) is 7. The second-order valence-corrected chi connectivity index (χ2v) is 10.1. The second kappa shape index (κ2) is 9.97. The molecular weight excluding hydrogens is 518 g/mol. The molecule has 0 saturated heterocycles. The van der Waals surface area contributed by atoms with Crippen molar-refractivity contribution in [1.82, 2.24) is 25.1 Å². The van der Waals surface area contributed by atoms with Gasteiger partial charge in [0.15, 0.2) is 11.6 Å². The summed E-state index contributed by atoms with van der Waals surface area (Å²) in [6, 6.07) is 8.94. The number of aromatic nitrogens is 6. The number of carbonyl (C=O) groups excluding carboxylic acids is 1. The molecular formula is C24H21F2N8O3S+. The number of benzene rings is 2. The highest BCUT2D eigenvalue weighted by molar-refractivity contribution is 7.92. The van der Waals surface area contributed by atoms with E-state index in [4.69, 9.17) is 0 Å². The van der Waals surface area contributed by atoms with Gasteiger partial charge < -0.3 is 5.32 Å². The van der Waals surface area contributed by atoms with E-state index in [0.29, 0.717) is 23.6 Å². The minimum atomic E-state index is -3.88. The first-order valence-corrected chi connectivity index (χ1v) is 13.1. The molecule has 0 radical (unpaired) electrons. The van der Waals surface area contributed by atoms with Gasteiger partial charge in [-0.2, -0.15) is 5.10 Å². The predicted molar refractivity (Wildman–Crippen MR) is 135 cm³/mol. The zero-order valence-electron chi connectivity index (χ0n) is 19.8. The molecule has 3 heterocycles. The van der Waals surface area contributed by atoms with E-state index in [-0.39, 0.29) is 22.5 Å². The Morgan fingerprint density at radius 1 is 1.16 bits per heavy atom. The van der Waals surface area contributed by atoms with Crippen LogP contribution in [0.25, 0.3) is 22.4 Å². The largest absolute Gasteiger partial charge is 0.326 e. The molecule has 11 nitrogen and oxygen atoms in total. The summed E-state index contributed by atoms with van der Waals surface area (Å²) in [6.45, 7) is 1.65. The quantitative estimate of drug-likeness (QED) is 0.208. The lowest BCUT2D eigenvalue weighted by molar-refractivity contribution is -0.352. The van der Waals surface area contributed by atoms with E-state index in [9.17, 15) is 17.6 Å². The number of nitrogens with one attached hydrogen (secondary N) is 5. The Morgan fingerprint density at radius 3 is 2.76 bits per heavy atom. The van der Waals surface area contributed by atoms with Crippen LogP contribution in [-0.2, 0) is 10.0 Å². The molecule has 5 aromatic rings. The van der Waals surface area contributed by atoms with Crippen molar-refractivity contribution in [3.8, 4) is 11.4 Å². The highest BCUT2D eigenvalue weighted by atomic mass is 32.2. The van der Waals surface area contributed by atoms with Crippen LogP contribution in [0.15, 0.2) is 55.2 Å². The van der Waals surface area contributed by atoms with E-state index < -0.39 is 38.7 Å². The number of rotatable bonds is 9. The molecule has 0 fully saturated rings. The summed E-state index contributed by atoms with van der Waals surface area (Å²) in [7, 11) is -3.88. The van der Waals surface area contributed by atoms with Gasteiger partial charge in [-0.1, -0.05) is 24.0 Å². The van der Waals surface area contributed by atoms with Crippen LogP contribution in [-0.4, -0.2) is 45.1 Å². The molecule has 14 heteroatoms. The molecule has 0 amide bonds. The average molecular weight is 540 g/mol. The summed E-state index contributed by atoms with van der Waals surface area (Å²) in [5, 5.41) is 9.99. The van der Waals surface area contributed by atoms with Crippen molar-refractivity contribution in [3.05, 3.63) is 78.0 Å². The Balaban J connectivity index is 1.54. The van der Waals surface area contributed by atoms with Gasteiger partial charge in [-0.3, -0.25) is 19.6 Å². The van der Waals surface area contributed by atoms with Crippen LogP contribution in [0.4, 0.5) is 26.0 Å². The molecule has 38 heavy (non-hydrogen) atoms. The third kappa shape index (κ3) is 4.80. The molecule has 0 saturated carbocycles. The maximum absolute atomic E-state index is 15.3. The van der Waals surface area contributed by atoms with Crippen LogP contribution in [0.1, 0.15) is 29.3 Å². The van der Waals surface area contributed by atoms with Crippen molar-refractivity contribution in [2.75, 3.05) is 15.8 Å². The van der Waals surface area contributed by atoms with Crippen molar-refractivity contribution in [3.63, 3.8) is 0 Å². The Hall–Kier alpha value is -4.72. The van der Waals surface area contributed by atoms with Gasteiger partial charge in [-0.05, 0) is 30.7 Å². The molecule has 0 aliphatic carbocycles. The van der Waals surface area contributed by atoms with E-state index in [2.05, 4.69) is 40.2 Å². The van der Waals surface area contributed by atoms with E-state index >= 15 is 4.39 Å². The number of nitrogens with zero attached hydrogens (tertiary/aromatic N) is 3. The number of fused-ring (bicyclic) bond motifs is 1. The molecule has 0 atom stereocenters. The van der Waals surface area contributed by atoms with Gasteiger partial charge in [-0.25, -0.2) is 27.2 Å². The summed E-state index contributed by atoms with van der Waals surface area (Å²) in [5.74, 6) is -2.93. The van der Waals surface area contributed by atoms with E-state index in [1.807, 2.05) is 6.07 Å². The summed E-state index contributed by atoms with van der Waals surface area (Å²) in [4.78, 5) is 27.6. The Kier molecular flexibility index (Phi) is 6.55. The lowest BCUT2D eigenvalue weighted by Gasteiger charge is -2.11. The van der Waals surface area contributed by atoms with E-state index in [1.54, 1.807) is 25.1 Å². The maximum Gasteiger partial charge on any atom is 0.236 e. The van der Waals surface area contributed by atoms with Gasteiger partial charge in [0.25, 0.3) is 0 Å². The fourth-order valence-electron chi connectivity index (χ4n) is 3.97. The van der Waals surface area contributed by atoms with Gasteiger partial charge in [0.05, 0.1) is 28.8 Å².